The Morgan fingerprint density at radius 2 is 2.22 bits per heavy atom. The van der Waals surface area contributed by atoms with E-state index in [0.29, 0.717) is 0 Å². The highest BCUT2D eigenvalue weighted by Crippen LogP contribution is 1.88. The van der Waals surface area contributed by atoms with E-state index in [-0.39, 0.29) is 5.71 Å². The minimum Gasteiger partial charge on any atom is -0.270 e. The highest BCUT2D eigenvalue weighted by atomic mass is 16.2. The smallest absolute Gasteiger partial charge is 0.270 e. The summed E-state index contributed by atoms with van der Waals surface area (Å²) in [6.07, 6.45) is 0. The summed E-state index contributed by atoms with van der Waals surface area (Å²) in [6.45, 7) is 0. The van der Waals surface area contributed by atoms with Crippen molar-refractivity contribution in [2.75, 3.05) is 0 Å². The highest BCUT2D eigenvalue weighted by molar-refractivity contribution is 6.51. The number of carbonyl (C=O) groups excluding carboxylic acids is 2. The molecule has 1 aliphatic rings. The van der Waals surface area contributed by atoms with Crippen molar-refractivity contribution in [1.82, 2.24) is 5.32 Å². The quantitative estimate of drug-likeness (QED) is 0.457. The molecule has 1 aliphatic heterocycles. The molecule has 0 spiro atoms. The van der Waals surface area contributed by atoms with Gasteiger partial charge in [-0.05, 0) is 0 Å². The Bertz CT molecular complexity index is 247. The molecular weight excluding hydrogens is 122 g/mol. The number of amides is 3. The van der Waals surface area contributed by atoms with Gasteiger partial charge in [0.25, 0.3) is 5.91 Å². The normalized spacial score (nSPS) is 16.6. The molecule has 1 rings (SSSR count). The number of aliphatic imine (C=N–C) groups is 1. The standard InChI is InChI=1S/C4HN3O2/c5-1-2-3(8)7-4(9)6-2/h(H,7,8,9). The lowest BCUT2D eigenvalue weighted by atomic mass is 10.4. The number of carbonyl (C=O) groups is 2. The molecule has 3 amide bonds. The van der Waals surface area contributed by atoms with Gasteiger partial charge < -0.3 is 0 Å². The SMILES string of the molecule is N#CC1=NC(=O)NC1=O. The molecule has 0 aromatic rings. The first-order valence-corrected chi connectivity index (χ1v) is 2.08. The predicted octanol–water partition coefficient (Wildman–Crippen LogP) is -0.799. The number of nitrogens with one attached hydrogen (secondary N) is 1. The molecule has 0 bridgehead atoms. The monoisotopic (exact) mass is 123 g/mol. The van der Waals surface area contributed by atoms with Gasteiger partial charge in [0.2, 0.25) is 5.71 Å². The zero-order valence-corrected chi connectivity index (χ0v) is 4.21. The van der Waals surface area contributed by atoms with Crippen LogP contribution in [0.2, 0.25) is 0 Å². The second-order valence-corrected chi connectivity index (χ2v) is 1.33. The minimum atomic E-state index is -0.767. The van der Waals surface area contributed by atoms with Crippen LogP contribution in [0.3, 0.4) is 0 Å². The number of urea groups is 1. The Kier molecular flexibility index (Phi) is 1.01. The molecule has 0 aromatic heterocycles. The average Bonchev–Trinajstić information content (AvgIpc) is 2.10. The fourth-order valence-electron chi connectivity index (χ4n) is 0.412. The molecule has 0 aromatic carbocycles. The van der Waals surface area contributed by atoms with Crippen LogP contribution < -0.4 is 5.32 Å². The number of nitrogens with zero attached hydrogens (tertiary/aromatic N) is 2. The molecule has 9 heavy (non-hydrogen) atoms. The maximum absolute atomic E-state index is 10.3. The van der Waals surface area contributed by atoms with E-state index in [9.17, 15) is 9.59 Å². The first-order chi connectivity index (χ1) is 4.24. The molecule has 0 unspecified atom stereocenters. The lowest BCUT2D eigenvalue weighted by Gasteiger charge is -1.79. The maximum atomic E-state index is 10.3. The fourth-order valence-corrected chi connectivity index (χ4v) is 0.412. The van der Waals surface area contributed by atoms with Crippen LogP contribution in [-0.4, -0.2) is 17.6 Å². The van der Waals surface area contributed by atoms with Crippen molar-refractivity contribution in [3.05, 3.63) is 0 Å². The van der Waals surface area contributed by atoms with Crippen molar-refractivity contribution in [1.29, 1.82) is 5.26 Å². The molecule has 0 aliphatic carbocycles. The zero-order chi connectivity index (χ0) is 6.85. The number of rotatable bonds is 0. The Labute approximate surface area is 50.0 Å². The van der Waals surface area contributed by atoms with Crippen molar-refractivity contribution in [2.45, 2.75) is 0 Å². The number of hydrogen-bond donors (Lipinski definition) is 1. The van der Waals surface area contributed by atoms with Gasteiger partial charge in [-0.25, -0.2) is 4.79 Å². The molecule has 1 heterocycles. The number of imide groups is 1. The molecule has 0 saturated carbocycles. The first kappa shape index (κ1) is 5.44. The van der Waals surface area contributed by atoms with Crippen LogP contribution in [0.25, 0.3) is 0 Å². The van der Waals surface area contributed by atoms with Crippen molar-refractivity contribution in [3.63, 3.8) is 0 Å². The van der Waals surface area contributed by atoms with E-state index in [2.05, 4.69) is 4.99 Å². The van der Waals surface area contributed by atoms with Crippen LogP contribution >= 0.6 is 0 Å². The summed E-state index contributed by atoms with van der Waals surface area (Å²) < 4.78 is 0. The molecule has 0 atom stereocenters. The molecule has 0 radical (unpaired) electrons. The first-order valence-electron chi connectivity index (χ1n) is 2.08. The number of hydrogen-bond acceptors (Lipinski definition) is 3. The third kappa shape index (κ3) is 0.770. The summed E-state index contributed by atoms with van der Waals surface area (Å²) in [6, 6.07) is 0.694. The predicted molar refractivity (Wildman–Crippen MR) is 26.6 cm³/mol. The van der Waals surface area contributed by atoms with Gasteiger partial charge >= 0.3 is 6.03 Å². The summed E-state index contributed by atoms with van der Waals surface area (Å²) >= 11 is 0. The van der Waals surface area contributed by atoms with E-state index >= 15 is 0 Å². The van der Waals surface area contributed by atoms with Crippen molar-refractivity contribution >= 4 is 17.6 Å². The van der Waals surface area contributed by atoms with Crippen molar-refractivity contribution in [3.8, 4) is 6.07 Å². The lowest BCUT2D eigenvalue weighted by Crippen LogP contribution is -2.24. The minimum absolute atomic E-state index is 0.375. The summed E-state index contributed by atoms with van der Waals surface area (Å²) in [5, 5.41) is 9.87. The molecule has 44 valence electrons. The molecule has 5 nitrogen and oxygen atoms in total. The second-order valence-electron chi connectivity index (χ2n) is 1.33. The second kappa shape index (κ2) is 1.67. The van der Waals surface area contributed by atoms with Crippen LogP contribution in [0, 0.1) is 11.3 Å². The summed E-state index contributed by atoms with van der Waals surface area (Å²) in [5.41, 5.74) is -0.375. The van der Waals surface area contributed by atoms with Crippen LogP contribution in [0.15, 0.2) is 4.99 Å². The third-order valence-electron chi connectivity index (χ3n) is 0.755. The van der Waals surface area contributed by atoms with Crippen LogP contribution in [0.1, 0.15) is 0 Å². The largest absolute Gasteiger partial charge is 0.349 e. The Morgan fingerprint density at radius 3 is 2.44 bits per heavy atom. The van der Waals surface area contributed by atoms with Gasteiger partial charge in [0.15, 0.2) is 0 Å². The molecule has 0 saturated heterocycles. The van der Waals surface area contributed by atoms with Crippen LogP contribution in [0.4, 0.5) is 4.79 Å². The zero-order valence-electron chi connectivity index (χ0n) is 4.21. The van der Waals surface area contributed by atoms with E-state index in [1.54, 1.807) is 0 Å². The molecular formula is C4HN3O2. The van der Waals surface area contributed by atoms with Gasteiger partial charge in [-0.15, -0.1) is 0 Å². The Hall–Kier alpha value is -1.70. The molecule has 0 fully saturated rings. The fraction of sp³-hybridized carbons (Fsp3) is 0. The van der Waals surface area contributed by atoms with Crippen LogP contribution in [-0.2, 0) is 4.79 Å². The topological polar surface area (TPSA) is 82.3 Å². The van der Waals surface area contributed by atoms with Gasteiger partial charge in [-0.2, -0.15) is 10.3 Å². The summed E-state index contributed by atoms with van der Waals surface area (Å²) in [4.78, 5) is 23.5. The highest BCUT2D eigenvalue weighted by Gasteiger charge is 2.21. The van der Waals surface area contributed by atoms with E-state index in [1.807, 2.05) is 5.32 Å². The van der Waals surface area contributed by atoms with Gasteiger partial charge in [0.05, 0.1) is 0 Å². The molecule has 5 heteroatoms. The Morgan fingerprint density at radius 1 is 1.56 bits per heavy atom. The lowest BCUT2D eigenvalue weighted by molar-refractivity contribution is -0.113. The van der Waals surface area contributed by atoms with E-state index in [0.717, 1.165) is 0 Å². The van der Waals surface area contributed by atoms with E-state index < -0.39 is 11.9 Å². The summed E-state index contributed by atoms with van der Waals surface area (Å²) in [7, 11) is 0. The van der Waals surface area contributed by atoms with Gasteiger partial charge in [-0.3, -0.25) is 10.1 Å². The Balaban J connectivity index is 2.97. The molecule has 1 N–H and O–H groups in total. The van der Waals surface area contributed by atoms with Gasteiger partial charge in [-0.1, -0.05) is 0 Å². The third-order valence-corrected chi connectivity index (χ3v) is 0.755. The maximum Gasteiger partial charge on any atom is 0.349 e. The number of nitriles is 1. The van der Waals surface area contributed by atoms with Gasteiger partial charge in [0, 0.05) is 0 Å². The van der Waals surface area contributed by atoms with Crippen LogP contribution in [0.5, 0.6) is 0 Å². The van der Waals surface area contributed by atoms with E-state index in [4.69, 9.17) is 5.26 Å². The van der Waals surface area contributed by atoms with E-state index in [1.165, 1.54) is 6.07 Å². The van der Waals surface area contributed by atoms with Crippen molar-refractivity contribution in [2.24, 2.45) is 4.99 Å². The summed E-state index contributed by atoms with van der Waals surface area (Å²) in [5.74, 6) is -0.720. The average molecular weight is 123 g/mol. The van der Waals surface area contributed by atoms with Crippen molar-refractivity contribution < 1.29 is 9.59 Å². The van der Waals surface area contributed by atoms with Gasteiger partial charge in [0.1, 0.15) is 6.07 Å².